The van der Waals surface area contributed by atoms with Crippen molar-refractivity contribution in [1.82, 2.24) is 20.2 Å². The number of halogens is 1. The first-order valence-corrected chi connectivity index (χ1v) is 19.9. The lowest BCUT2D eigenvalue weighted by Gasteiger charge is -2.27. The van der Waals surface area contributed by atoms with Crippen LogP contribution in [0, 0.1) is 24.6 Å². The fourth-order valence-electron chi connectivity index (χ4n) is 5.84. The molecule has 0 saturated heterocycles. The molecule has 0 unspecified atom stereocenters. The first-order valence-electron chi connectivity index (χ1n) is 18.3. The number of ether oxygens (including phenoxy) is 1. The van der Waals surface area contributed by atoms with Gasteiger partial charge in [-0.2, -0.15) is 0 Å². The maximum Gasteiger partial charge on any atom is 0.355 e. The maximum atomic E-state index is 15.0. The highest BCUT2D eigenvalue weighted by Gasteiger charge is 2.22. The molecule has 0 aliphatic heterocycles. The predicted molar refractivity (Wildman–Crippen MR) is 225 cm³/mol. The molecule has 0 saturated carbocycles. The number of aromatic nitrogens is 4. The highest BCUT2D eigenvalue weighted by molar-refractivity contribution is 7.22. The second-order valence-corrected chi connectivity index (χ2v) is 16.2. The quantitative estimate of drug-likeness (QED) is 0.0297. The zero-order chi connectivity index (χ0) is 41.4. The Morgan fingerprint density at radius 2 is 1.86 bits per heavy atom. The van der Waals surface area contributed by atoms with Crippen LogP contribution in [-0.4, -0.2) is 87.6 Å². The molecular formula is C41H43FN9O5S2+. The molecule has 0 aliphatic rings. The van der Waals surface area contributed by atoms with Gasteiger partial charge in [0.25, 0.3) is 0 Å². The molecule has 1 amide bonds. The van der Waals surface area contributed by atoms with Crippen LogP contribution in [0.15, 0.2) is 66.7 Å². The van der Waals surface area contributed by atoms with Gasteiger partial charge in [0.05, 0.1) is 36.6 Å². The lowest BCUT2D eigenvalue weighted by molar-refractivity contribution is -0.896. The lowest BCUT2D eigenvalue weighted by Crippen LogP contribution is -2.39. The standard InChI is InChI=1S/C41H42FN9O5S2/c1-25-21-35(48-49-38(25)47-40-45-29-10-5-6-11-33(29)57-40)50(2)41-46-37(39(54)55)34(58-41)12-8-20-56-32-16-14-26(22-28(32)42)9-7-19-51(3,4)24-27-13-15-31(52)30(23-27)44-36(53)17-18-43/h5-6,10-11,13-16,21-23H,8,12,17-20,24,43H2,1-4H3,(H3-,44,45,47,48,49,52,53,54,55)/p+1. The molecule has 0 bridgehead atoms. The number of phenolic OH excluding ortho intramolecular Hbond substituents is 1. The van der Waals surface area contributed by atoms with Crippen molar-refractivity contribution in [3.8, 4) is 23.3 Å². The summed E-state index contributed by atoms with van der Waals surface area (Å²) in [5.41, 5.74) is 8.82. The van der Waals surface area contributed by atoms with Crippen molar-refractivity contribution in [3.63, 3.8) is 0 Å². The fraction of sp³-hybridized carbons (Fsp3) is 0.268. The molecule has 58 heavy (non-hydrogen) atoms. The Balaban J connectivity index is 1.01. The van der Waals surface area contributed by atoms with Crippen LogP contribution in [0.3, 0.4) is 0 Å². The van der Waals surface area contributed by atoms with Gasteiger partial charge in [-0.3, -0.25) is 4.79 Å². The van der Waals surface area contributed by atoms with Gasteiger partial charge in [-0.25, -0.2) is 19.2 Å². The van der Waals surface area contributed by atoms with E-state index in [1.165, 1.54) is 40.9 Å². The summed E-state index contributed by atoms with van der Waals surface area (Å²) in [6, 6.07) is 19.3. The SMILES string of the molecule is Cc1cc(N(C)c2nc(C(=O)O)c(CCCOc3ccc(C#CC[N+](C)(C)Cc4ccc(O)c(NC(=O)CCN)c4)cc3F)s2)nnc1Nc1nc2ccccc2s1. The van der Waals surface area contributed by atoms with E-state index in [0.29, 0.717) is 68.4 Å². The normalized spacial score (nSPS) is 11.2. The molecule has 300 valence electrons. The van der Waals surface area contributed by atoms with Crippen molar-refractivity contribution >= 4 is 72.4 Å². The van der Waals surface area contributed by atoms with E-state index in [1.807, 2.05) is 51.4 Å². The number of hydrogen-bond acceptors (Lipinski definition) is 13. The zero-order valence-electron chi connectivity index (χ0n) is 32.4. The second kappa shape index (κ2) is 18.4. The molecule has 6 rings (SSSR count). The molecule has 3 aromatic carbocycles. The van der Waals surface area contributed by atoms with Gasteiger partial charge in [-0.15, -0.1) is 21.5 Å². The third kappa shape index (κ3) is 10.6. The van der Waals surface area contributed by atoms with Crippen molar-refractivity contribution in [2.75, 3.05) is 56.4 Å². The monoisotopic (exact) mass is 824 g/mol. The van der Waals surface area contributed by atoms with Gasteiger partial charge in [0.1, 0.15) is 18.8 Å². The molecule has 0 aliphatic carbocycles. The molecule has 0 spiro atoms. The van der Waals surface area contributed by atoms with E-state index in [0.717, 1.165) is 21.3 Å². The number of nitrogens with one attached hydrogen (secondary N) is 2. The Bertz CT molecular complexity index is 2480. The zero-order valence-corrected chi connectivity index (χ0v) is 34.0. The van der Waals surface area contributed by atoms with Gasteiger partial charge in [0.15, 0.2) is 39.2 Å². The van der Waals surface area contributed by atoms with Crippen molar-refractivity contribution in [2.24, 2.45) is 5.73 Å². The average molecular weight is 825 g/mol. The Morgan fingerprint density at radius 3 is 2.60 bits per heavy atom. The van der Waals surface area contributed by atoms with Crippen LogP contribution in [0.5, 0.6) is 11.5 Å². The Kier molecular flexibility index (Phi) is 13.1. The Labute approximate surface area is 342 Å². The van der Waals surface area contributed by atoms with Crippen LogP contribution in [0.25, 0.3) is 10.2 Å². The molecule has 17 heteroatoms. The number of benzene rings is 3. The van der Waals surface area contributed by atoms with Crippen LogP contribution in [-0.2, 0) is 17.8 Å². The highest BCUT2D eigenvalue weighted by Crippen LogP contribution is 2.33. The summed E-state index contributed by atoms with van der Waals surface area (Å²) in [7, 11) is 5.74. The Morgan fingerprint density at radius 1 is 1.05 bits per heavy atom. The van der Waals surface area contributed by atoms with Crippen LogP contribution < -0.4 is 26.0 Å². The number of nitrogens with zero attached hydrogens (tertiary/aromatic N) is 6. The molecule has 3 heterocycles. The molecule has 3 aromatic heterocycles. The summed E-state index contributed by atoms with van der Waals surface area (Å²) < 4.78 is 22.3. The number of carbonyl (C=O) groups is 2. The van der Waals surface area contributed by atoms with Crippen LogP contribution >= 0.6 is 22.7 Å². The third-order valence-electron chi connectivity index (χ3n) is 8.80. The summed E-state index contributed by atoms with van der Waals surface area (Å²) in [4.78, 5) is 35.3. The Hall–Kier alpha value is -6.19. The number of aromatic hydroxyl groups is 1. The van der Waals surface area contributed by atoms with Crippen molar-refractivity contribution in [2.45, 2.75) is 32.7 Å². The van der Waals surface area contributed by atoms with E-state index in [9.17, 15) is 19.8 Å². The molecule has 6 N–H and O–H groups in total. The number of anilines is 5. The van der Waals surface area contributed by atoms with Gasteiger partial charge in [0.2, 0.25) is 5.91 Å². The summed E-state index contributed by atoms with van der Waals surface area (Å²) in [5, 5.41) is 35.8. The number of fused-ring (bicyclic) bond motifs is 1. The third-order valence-corrected chi connectivity index (χ3v) is 10.9. The number of aryl methyl sites for hydroxylation is 2. The van der Waals surface area contributed by atoms with E-state index in [-0.39, 0.29) is 42.7 Å². The first kappa shape index (κ1) is 41.4. The molecule has 0 atom stereocenters. The van der Waals surface area contributed by atoms with Gasteiger partial charge in [-0.05, 0) is 85.8 Å². The second-order valence-electron chi connectivity index (χ2n) is 14.1. The maximum absolute atomic E-state index is 15.0. The average Bonchev–Trinajstić information content (AvgIpc) is 3.80. The number of aromatic carboxylic acids is 1. The summed E-state index contributed by atoms with van der Waals surface area (Å²) in [5.74, 6) is 5.26. The number of phenols is 1. The molecule has 6 aromatic rings. The summed E-state index contributed by atoms with van der Waals surface area (Å²) in [6.45, 7) is 3.28. The van der Waals surface area contributed by atoms with Crippen molar-refractivity contribution < 1.29 is 33.4 Å². The largest absolute Gasteiger partial charge is 0.506 e. The van der Waals surface area contributed by atoms with Crippen LogP contribution in [0.4, 0.5) is 32.0 Å². The van der Waals surface area contributed by atoms with Crippen molar-refractivity contribution in [1.29, 1.82) is 0 Å². The van der Waals surface area contributed by atoms with Gasteiger partial charge >= 0.3 is 5.97 Å². The molecular weight excluding hydrogens is 782 g/mol. The summed E-state index contributed by atoms with van der Waals surface area (Å²) in [6.07, 6.45) is 0.932. The summed E-state index contributed by atoms with van der Waals surface area (Å²) >= 11 is 2.76. The minimum Gasteiger partial charge on any atom is -0.506 e. The van der Waals surface area contributed by atoms with Crippen LogP contribution in [0.2, 0.25) is 0 Å². The van der Waals surface area contributed by atoms with E-state index >= 15 is 4.39 Å². The number of carboxylic acid groups (broad SMARTS) is 1. The number of quaternary nitrogens is 1. The van der Waals surface area contributed by atoms with E-state index in [2.05, 4.69) is 42.6 Å². The smallest absolute Gasteiger partial charge is 0.355 e. The number of carboxylic acids is 1. The van der Waals surface area contributed by atoms with E-state index in [1.54, 1.807) is 30.1 Å². The van der Waals surface area contributed by atoms with Gasteiger partial charge < -0.3 is 40.7 Å². The number of rotatable bonds is 16. The predicted octanol–water partition coefficient (Wildman–Crippen LogP) is 6.83. The first-order chi connectivity index (χ1) is 27.8. The minimum atomic E-state index is -1.15. The van der Waals surface area contributed by atoms with Gasteiger partial charge in [-0.1, -0.05) is 29.4 Å². The number of hydrogen-bond donors (Lipinski definition) is 5. The molecule has 0 fully saturated rings. The molecule has 14 nitrogen and oxygen atoms in total. The van der Waals surface area contributed by atoms with Gasteiger partial charge in [0, 0.05) is 36.0 Å². The minimum absolute atomic E-state index is 0.0290. The van der Waals surface area contributed by atoms with Crippen molar-refractivity contribution in [3.05, 3.63) is 99.8 Å². The topological polar surface area (TPSA) is 189 Å². The fourth-order valence-corrected chi connectivity index (χ4v) is 7.77. The van der Waals surface area contributed by atoms with Crippen LogP contribution in [0.1, 0.15) is 44.9 Å². The van der Waals surface area contributed by atoms with E-state index in [4.69, 9.17) is 10.5 Å². The van der Waals surface area contributed by atoms with E-state index < -0.39 is 11.8 Å². The molecule has 0 radical (unpaired) electrons. The lowest BCUT2D eigenvalue weighted by atomic mass is 10.1. The number of amides is 1. The number of thiazole rings is 2. The number of para-hydroxylation sites is 1. The highest BCUT2D eigenvalue weighted by atomic mass is 32.1. The number of nitrogens with two attached hydrogens (primary N) is 1. The number of carbonyl (C=O) groups excluding carboxylic acids is 1.